The zero-order valence-corrected chi connectivity index (χ0v) is 21.6. The third kappa shape index (κ3) is 15.5. The van der Waals surface area contributed by atoms with Gasteiger partial charge in [-0.1, -0.05) is 95.2 Å². The van der Waals surface area contributed by atoms with Crippen LogP contribution in [0.5, 0.6) is 0 Å². The minimum Gasteiger partial charge on any atom is -0.459 e. The van der Waals surface area contributed by atoms with Crippen molar-refractivity contribution in [1.29, 1.82) is 0 Å². The Morgan fingerprint density at radius 3 is 2.21 bits per heavy atom. The highest BCUT2D eigenvalue weighted by molar-refractivity contribution is 5.86. The van der Waals surface area contributed by atoms with Crippen molar-refractivity contribution in [3.63, 3.8) is 0 Å². The third-order valence-electron chi connectivity index (χ3n) is 5.78. The maximum absolute atomic E-state index is 12.0. The molecule has 6 nitrogen and oxygen atoms in total. The molecule has 0 aliphatic carbocycles. The first-order valence-corrected chi connectivity index (χ1v) is 13.0. The number of alkyl carbamates (subject to hydrolysis) is 1. The molecule has 1 rings (SSSR count). The monoisotopic (exact) mass is 474 g/mol. The van der Waals surface area contributed by atoms with Gasteiger partial charge in [-0.05, 0) is 38.2 Å². The lowest BCUT2D eigenvalue weighted by molar-refractivity contribution is -0.139. The molecule has 192 valence electrons. The summed E-state index contributed by atoms with van der Waals surface area (Å²) in [5, 5.41) is 6.20. The molecule has 2 atom stereocenters. The number of esters is 1. The Morgan fingerprint density at radius 1 is 0.941 bits per heavy atom. The summed E-state index contributed by atoms with van der Waals surface area (Å²) in [5.41, 5.74) is 1.66. The van der Waals surface area contributed by atoms with Crippen molar-refractivity contribution < 1.29 is 19.1 Å². The molecule has 0 bridgehead atoms. The SMILES string of the molecule is C=C(C)C(=O)OCCOC(=O)NC(C)NCC(CCCCCCCCCC)Cc1ccccc1. The Hall–Kier alpha value is -2.34. The van der Waals surface area contributed by atoms with Crippen LogP contribution in [0.2, 0.25) is 0 Å². The summed E-state index contributed by atoms with van der Waals surface area (Å²) in [7, 11) is 0. The Balaban J connectivity index is 2.33. The van der Waals surface area contributed by atoms with Gasteiger partial charge in [-0.2, -0.15) is 0 Å². The number of hydrogen-bond donors (Lipinski definition) is 2. The van der Waals surface area contributed by atoms with Gasteiger partial charge in [0, 0.05) is 12.1 Å². The Labute approximate surface area is 206 Å². The van der Waals surface area contributed by atoms with Crippen LogP contribution >= 0.6 is 0 Å². The van der Waals surface area contributed by atoms with Crippen LogP contribution < -0.4 is 10.6 Å². The van der Waals surface area contributed by atoms with Crippen molar-refractivity contribution in [2.75, 3.05) is 19.8 Å². The summed E-state index contributed by atoms with van der Waals surface area (Å²) >= 11 is 0. The molecule has 34 heavy (non-hydrogen) atoms. The highest BCUT2D eigenvalue weighted by atomic mass is 16.6. The van der Waals surface area contributed by atoms with E-state index in [-0.39, 0.29) is 19.4 Å². The Bertz CT molecular complexity index is 693. The van der Waals surface area contributed by atoms with Gasteiger partial charge in [0.2, 0.25) is 0 Å². The van der Waals surface area contributed by atoms with Crippen molar-refractivity contribution in [3.05, 3.63) is 48.0 Å². The van der Waals surface area contributed by atoms with Crippen LogP contribution in [0.1, 0.15) is 84.1 Å². The molecule has 0 saturated carbocycles. The highest BCUT2D eigenvalue weighted by Gasteiger charge is 2.14. The second-order valence-corrected chi connectivity index (χ2v) is 9.15. The maximum atomic E-state index is 12.0. The third-order valence-corrected chi connectivity index (χ3v) is 5.78. The molecule has 0 saturated heterocycles. The van der Waals surface area contributed by atoms with Crippen LogP contribution in [-0.4, -0.2) is 38.0 Å². The Morgan fingerprint density at radius 2 is 1.56 bits per heavy atom. The number of ether oxygens (including phenoxy) is 2. The molecular weight excluding hydrogens is 428 g/mol. The smallest absolute Gasteiger partial charge is 0.408 e. The lowest BCUT2D eigenvalue weighted by atomic mass is 9.93. The summed E-state index contributed by atoms with van der Waals surface area (Å²) in [5.74, 6) is 0.0179. The van der Waals surface area contributed by atoms with E-state index in [1.165, 1.54) is 63.4 Å². The summed E-state index contributed by atoms with van der Waals surface area (Å²) in [6.07, 6.45) is 12.0. The largest absolute Gasteiger partial charge is 0.459 e. The van der Waals surface area contributed by atoms with E-state index in [0.717, 1.165) is 13.0 Å². The predicted octanol–water partition coefficient (Wildman–Crippen LogP) is 6.16. The van der Waals surface area contributed by atoms with Crippen molar-refractivity contribution in [1.82, 2.24) is 10.6 Å². The normalized spacial score (nSPS) is 12.6. The molecular formula is C28H46N2O4. The first-order valence-electron chi connectivity index (χ1n) is 13.0. The van der Waals surface area contributed by atoms with Gasteiger partial charge in [-0.15, -0.1) is 0 Å². The standard InChI is InChI=1S/C28H46N2O4/c1-5-6-7-8-9-10-11-13-18-26(21-25-16-14-12-15-17-25)22-29-24(4)30-28(32)34-20-19-33-27(31)23(2)3/h12,14-17,24,26,29H,2,5-11,13,18-22H2,1,3-4H3,(H,30,32). The lowest BCUT2D eigenvalue weighted by Gasteiger charge is -2.22. The molecule has 0 aromatic heterocycles. The summed E-state index contributed by atoms with van der Waals surface area (Å²) in [4.78, 5) is 23.3. The van der Waals surface area contributed by atoms with Crippen molar-refractivity contribution in [2.45, 2.75) is 91.1 Å². The first kappa shape index (κ1) is 29.7. The van der Waals surface area contributed by atoms with E-state index in [0.29, 0.717) is 11.5 Å². The van der Waals surface area contributed by atoms with Crippen LogP contribution in [0.15, 0.2) is 42.5 Å². The van der Waals surface area contributed by atoms with E-state index in [9.17, 15) is 9.59 Å². The van der Waals surface area contributed by atoms with Crippen LogP contribution in [-0.2, 0) is 20.7 Å². The number of carbonyl (C=O) groups is 2. The minimum atomic E-state index is -0.533. The van der Waals surface area contributed by atoms with Gasteiger partial charge in [0.05, 0.1) is 6.17 Å². The van der Waals surface area contributed by atoms with Gasteiger partial charge < -0.3 is 14.8 Å². The summed E-state index contributed by atoms with van der Waals surface area (Å²) in [6, 6.07) is 10.6. The number of hydrogen-bond acceptors (Lipinski definition) is 5. The summed E-state index contributed by atoms with van der Waals surface area (Å²) in [6.45, 7) is 10.1. The topological polar surface area (TPSA) is 76.7 Å². The zero-order valence-electron chi connectivity index (χ0n) is 21.6. The second kappa shape index (κ2) is 19.0. The molecule has 1 aromatic carbocycles. The van der Waals surface area contributed by atoms with Gasteiger partial charge >= 0.3 is 12.1 Å². The first-order chi connectivity index (χ1) is 16.4. The average Bonchev–Trinajstić information content (AvgIpc) is 2.82. The molecule has 0 spiro atoms. The van der Waals surface area contributed by atoms with E-state index < -0.39 is 12.1 Å². The molecule has 0 heterocycles. The number of carbonyl (C=O) groups excluding carboxylic acids is 2. The van der Waals surface area contributed by atoms with Crippen molar-refractivity contribution in [2.24, 2.45) is 5.92 Å². The van der Waals surface area contributed by atoms with Crippen LogP contribution in [0.4, 0.5) is 4.79 Å². The van der Waals surface area contributed by atoms with E-state index in [4.69, 9.17) is 9.47 Å². The lowest BCUT2D eigenvalue weighted by Crippen LogP contribution is -2.45. The molecule has 0 fully saturated rings. The fourth-order valence-electron chi connectivity index (χ4n) is 3.80. The molecule has 0 aliphatic rings. The molecule has 6 heteroatoms. The van der Waals surface area contributed by atoms with Gasteiger partial charge in [0.1, 0.15) is 13.2 Å². The molecule has 0 radical (unpaired) electrons. The molecule has 2 unspecified atom stereocenters. The molecule has 2 N–H and O–H groups in total. The van der Waals surface area contributed by atoms with E-state index in [1.54, 1.807) is 6.92 Å². The second-order valence-electron chi connectivity index (χ2n) is 9.15. The fourth-order valence-corrected chi connectivity index (χ4v) is 3.80. The maximum Gasteiger partial charge on any atom is 0.408 e. The number of benzene rings is 1. The van der Waals surface area contributed by atoms with Crippen LogP contribution in [0.3, 0.4) is 0 Å². The predicted molar refractivity (Wildman–Crippen MR) is 139 cm³/mol. The van der Waals surface area contributed by atoms with Gasteiger partial charge in [-0.25, -0.2) is 9.59 Å². The Kier molecular flexibility index (Phi) is 16.6. The fraction of sp³-hybridized carbons (Fsp3) is 0.643. The zero-order chi connectivity index (χ0) is 25.0. The minimum absolute atomic E-state index is 0.00660. The number of amides is 1. The van der Waals surface area contributed by atoms with E-state index in [1.807, 2.05) is 13.0 Å². The molecule has 1 amide bonds. The highest BCUT2D eigenvalue weighted by Crippen LogP contribution is 2.17. The van der Waals surface area contributed by atoms with E-state index >= 15 is 0 Å². The molecule has 0 aliphatic heterocycles. The quantitative estimate of drug-likeness (QED) is 0.109. The molecule has 1 aromatic rings. The van der Waals surface area contributed by atoms with Crippen molar-refractivity contribution >= 4 is 12.1 Å². The number of unbranched alkanes of at least 4 members (excludes halogenated alkanes) is 7. The number of rotatable bonds is 19. The van der Waals surface area contributed by atoms with Crippen molar-refractivity contribution in [3.8, 4) is 0 Å². The average molecular weight is 475 g/mol. The number of nitrogens with one attached hydrogen (secondary N) is 2. The van der Waals surface area contributed by atoms with Gasteiger partial charge in [-0.3, -0.25) is 5.32 Å². The summed E-state index contributed by atoms with van der Waals surface area (Å²) < 4.78 is 9.99. The van der Waals surface area contributed by atoms with Crippen LogP contribution in [0.25, 0.3) is 0 Å². The van der Waals surface area contributed by atoms with Crippen LogP contribution in [0, 0.1) is 5.92 Å². The van der Waals surface area contributed by atoms with Gasteiger partial charge in [0.15, 0.2) is 0 Å². The van der Waals surface area contributed by atoms with Gasteiger partial charge in [0.25, 0.3) is 0 Å². The van der Waals surface area contributed by atoms with E-state index in [2.05, 4.69) is 48.4 Å².